The highest BCUT2D eigenvalue weighted by Crippen LogP contribution is 2.39. The SMILES string of the molecule is COc1ccccc1C1=NOC(CC2(C(=O)NCCc3cccc(F)c3)CCOCC2)C1. The van der Waals surface area contributed by atoms with Gasteiger partial charge in [0.25, 0.3) is 0 Å². The summed E-state index contributed by atoms with van der Waals surface area (Å²) in [6.45, 7) is 1.55. The van der Waals surface area contributed by atoms with Crippen LogP contribution in [0.2, 0.25) is 0 Å². The number of rotatable bonds is 8. The molecule has 2 aromatic carbocycles. The molecule has 1 atom stereocenters. The molecule has 6 nitrogen and oxygen atoms in total. The predicted octanol–water partition coefficient (Wildman–Crippen LogP) is 3.87. The summed E-state index contributed by atoms with van der Waals surface area (Å²) in [7, 11) is 1.64. The first-order chi connectivity index (χ1) is 15.6. The molecule has 2 aliphatic heterocycles. The Balaban J connectivity index is 1.38. The number of oxime groups is 1. The van der Waals surface area contributed by atoms with E-state index in [1.165, 1.54) is 12.1 Å². The van der Waals surface area contributed by atoms with Crippen LogP contribution in [0.5, 0.6) is 5.75 Å². The van der Waals surface area contributed by atoms with E-state index < -0.39 is 5.41 Å². The lowest BCUT2D eigenvalue weighted by molar-refractivity contribution is -0.140. The van der Waals surface area contributed by atoms with E-state index in [-0.39, 0.29) is 17.8 Å². The number of ether oxygens (including phenoxy) is 2. The van der Waals surface area contributed by atoms with Gasteiger partial charge in [0.05, 0.1) is 18.2 Å². The Bertz CT molecular complexity index is 972. The van der Waals surface area contributed by atoms with Crippen molar-refractivity contribution in [3.63, 3.8) is 0 Å². The second kappa shape index (κ2) is 10.1. The van der Waals surface area contributed by atoms with Crippen molar-refractivity contribution in [3.05, 3.63) is 65.5 Å². The number of amides is 1. The molecule has 4 rings (SSSR count). The second-order valence-electron chi connectivity index (χ2n) is 8.40. The first kappa shape index (κ1) is 22.3. The van der Waals surface area contributed by atoms with Crippen molar-refractivity contribution in [2.75, 3.05) is 26.9 Å². The maximum Gasteiger partial charge on any atom is 0.226 e. The minimum Gasteiger partial charge on any atom is -0.496 e. The summed E-state index contributed by atoms with van der Waals surface area (Å²) >= 11 is 0. The molecule has 1 N–H and O–H groups in total. The van der Waals surface area contributed by atoms with E-state index in [2.05, 4.69) is 10.5 Å². The lowest BCUT2D eigenvalue weighted by Gasteiger charge is -2.37. The molecule has 2 aromatic rings. The largest absolute Gasteiger partial charge is 0.496 e. The maximum absolute atomic E-state index is 13.4. The van der Waals surface area contributed by atoms with Gasteiger partial charge < -0.3 is 19.6 Å². The fraction of sp³-hybridized carbons (Fsp3) is 0.440. The summed E-state index contributed by atoms with van der Waals surface area (Å²) in [6.07, 6.45) is 2.88. The molecule has 0 saturated carbocycles. The molecule has 2 aliphatic rings. The maximum atomic E-state index is 13.4. The van der Waals surface area contributed by atoms with Gasteiger partial charge >= 0.3 is 0 Å². The van der Waals surface area contributed by atoms with Crippen LogP contribution in [0.3, 0.4) is 0 Å². The lowest BCUT2D eigenvalue weighted by Crippen LogP contribution is -2.47. The number of nitrogens with zero attached hydrogens (tertiary/aromatic N) is 1. The molecule has 1 fully saturated rings. The smallest absolute Gasteiger partial charge is 0.226 e. The summed E-state index contributed by atoms with van der Waals surface area (Å²) in [5.41, 5.74) is 2.05. The molecule has 1 saturated heterocycles. The van der Waals surface area contributed by atoms with Crippen LogP contribution in [0.1, 0.15) is 36.8 Å². The van der Waals surface area contributed by atoms with Gasteiger partial charge in [-0.2, -0.15) is 0 Å². The molecule has 0 aliphatic carbocycles. The van der Waals surface area contributed by atoms with Gasteiger partial charge in [-0.05, 0) is 49.1 Å². The van der Waals surface area contributed by atoms with Gasteiger partial charge in [-0.25, -0.2) is 4.39 Å². The number of halogens is 1. The first-order valence-corrected chi connectivity index (χ1v) is 11.1. The monoisotopic (exact) mass is 440 g/mol. The third-order valence-corrected chi connectivity index (χ3v) is 6.29. The van der Waals surface area contributed by atoms with Crippen LogP contribution >= 0.6 is 0 Å². The van der Waals surface area contributed by atoms with Crippen LogP contribution < -0.4 is 10.1 Å². The molecule has 32 heavy (non-hydrogen) atoms. The molecule has 170 valence electrons. The zero-order valence-electron chi connectivity index (χ0n) is 18.3. The van der Waals surface area contributed by atoms with Crippen molar-refractivity contribution in [1.82, 2.24) is 5.32 Å². The topological polar surface area (TPSA) is 69.2 Å². The number of carbonyl (C=O) groups excluding carboxylic acids is 1. The van der Waals surface area contributed by atoms with Crippen molar-refractivity contribution in [2.24, 2.45) is 10.6 Å². The van der Waals surface area contributed by atoms with Crippen molar-refractivity contribution in [2.45, 2.75) is 38.2 Å². The van der Waals surface area contributed by atoms with Gasteiger partial charge in [-0.15, -0.1) is 0 Å². The van der Waals surface area contributed by atoms with Gasteiger partial charge in [0.1, 0.15) is 17.7 Å². The Labute approximate surface area is 187 Å². The summed E-state index contributed by atoms with van der Waals surface area (Å²) < 4.78 is 24.4. The third-order valence-electron chi connectivity index (χ3n) is 6.29. The zero-order valence-corrected chi connectivity index (χ0v) is 18.3. The summed E-state index contributed by atoms with van der Waals surface area (Å²) in [6, 6.07) is 14.2. The number of benzene rings is 2. The quantitative estimate of drug-likeness (QED) is 0.677. The highest BCUT2D eigenvalue weighted by atomic mass is 19.1. The first-order valence-electron chi connectivity index (χ1n) is 11.1. The summed E-state index contributed by atoms with van der Waals surface area (Å²) in [4.78, 5) is 19.0. The van der Waals surface area contributed by atoms with E-state index in [4.69, 9.17) is 14.3 Å². The molecule has 1 unspecified atom stereocenters. The molecular formula is C25H29FN2O4. The minimum absolute atomic E-state index is 0.00606. The molecule has 0 radical (unpaired) electrons. The van der Waals surface area contributed by atoms with Crippen LogP contribution in [-0.2, 0) is 20.8 Å². The van der Waals surface area contributed by atoms with E-state index in [1.807, 2.05) is 30.3 Å². The summed E-state index contributed by atoms with van der Waals surface area (Å²) in [5, 5.41) is 7.37. The van der Waals surface area contributed by atoms with Crippen LogP contribution in [0.25, 0.3) is 0 Å². The molecular weight excluding hydrogens is 411 g/mol. The van der Waals surface area contributed by atoms with E-state index in [1.54, 1.807) is 13.2 Å². The van der Waals surface area contributed by atoms with Crippen LogP contribution in [-0.4, -0.2) is 44.6 Å². The fourth-order valence-electron chi connectivity index (χ4n) is 4.50. The van der Waals surface area contributed by atoms with Crippen LogP contribution in [0.4, 0.5) is 4.39 Å². The van der Waals surface area contributed by atoms with E-state index in [0.717, 1.165) is 22.6 Å². The van der Waals surface area contributed by atoms with Gasteiger partial charge in [0.2, 0.25) is 5.91 Å². The minimum atomic E-state index is -0.559. The van der Waals surface area contributed by atoms with Crippen molar-refractivity contribution in [3.8, 4) is 5.75 Å². The Morgan fingerprint density at radius 3 is 2.81 bits per heavy atom. The van der Waals surface area contributed by atoms with Gasteiger partial charge in [-0.3, -0.25) is 4.79 Å². The number of hydrogen-bond acceptors (Lipinski definition) is 5. The Kier molecular flexibility index (Phi) is 7.05. The van der Waals surface area contributed by atoms with Gasteiger partial charge in [0, 0.05) is 38.2 Å². The number of carbonyl (C=O) groups is 1. The van der Waals surface area contributed by atoms with Gasteiger partial charge in [0.15, 0.2) is 0 Å². The predicted molar refractivity (Wildman–Crippen MR) is 119 cm³/mol. The van der Waals surface area contributed by atoms with E-state index in [9.17, 15) is 9.18 Å². The molecule has 2 heterocycles. The average molecular weight is 441 g/mol. The Morgan fingerprint density at radius 1 is 1.22 bits per heavy atom. The van der Waals surface area contributed by atoms with Crippen LogP contribution in [0.15, 0.2) is 53.7 Å². The number of methoxy groups -OCH3 is 1. The van der Waals surface area contributed by atoms with E-state index in [0.29, 0.717) is 51.9 Å². The third kappa shape index (κ3) is 5.10. The molecule has 0 bridgehead atoms. The summed E-state index contributed by atoms with van der Waals surface area (Å²) in [5.74, 6) is 0.497. The average Bonchev–Trinajstić information content (AvgIpc) is 3.27. The van der Waals surface area contributed by atoms with E-state index >= 15 is 0 Å². The highest BCUT2D eigenvalue weighted by molar-refractivity contribution is 6.03. The Hall–Kier alpha value is -2.93. The molecule has 7 heteroatoms. The van der Waals surface area contributed by atoms with Crippen molar-refractivity contribution >= 4 is 11.6 Å². The number of nitrogens with one attached hydrogen (secondary N) is 1. The normalized spacial score (nSPS) is 19.7. The molecule has 1 amide bonds. The zero-order chi connectivity index (χ0) is 22.4. The van der Waals surface area contributed by atoms with Crippen LogP contribution in [0, 0.1) is 11.2 Å². The lowest BCUT2D eigenvalue weighted by atomic mass is 9.74. The van der Waals surface area contributed by atoms with Crippen molar-refractivity contribution in [1.29, 1.82) is 0 Å². The molecule has 0 spiro atoms. The van der Waals surface area contributed by atoms with Gasteiger partial charge in [-0.1, -0.05) is 29.4 Å². The van der Waals surface area contributed by atoms with Crippen molar-refractivity contribution < 1.29 is 23.5 Å². The number of para-hydroxylation sites is 1. The standard InChI is InChI=1S/C25H29FN2O4/c1-30-23-8-3-2-7-21(23)22-16-20(32-28-22)17-25(10-13-31-14-11-25)24(29)27-12-9-18-5-4-6-19(26)15-18/h2-8,15,20H,9-14,16-17H2,1H3,(H,27,29). The fourth-order valence-corrected chi connectivity index (χ4v) is 4.50. The second-order valence-corrected chi connectivity index (χ2v) is 8.40. The molecule has 0 aromatic heterocycles. The Morgan fingerprint density at radius 2 is 2.03 bits per heavy atom. The highest BCUT2D eigenvalue weighted by Gasteiger charge is 2.43. The number of hydrogen-bond donors (Lipinski definition) is 1.